The van der Waals surface area contributed by atoms with Crippen LogP contribution in [0.4, 0.5) is 5.69 Å². The average molecular weight is 383 g/mol. The Morgan fingerprint density at radius 3 is 2.23 bits per heavy atom. The molecule has 0 unspecified atom stereocenters. The normalized spacial score (nSPS) is 19.0. The van der Waals surface area contributed by atoms with Crippen molar-refractivity contribution < 1.29 is 22.5 Å². The van der Waals surface area contributed by atoms with Crippen LogP contribution in [0.5, 0.6) is 5.75 Å². The Morgan fingerprint density at radius 1 is 1.15 bits per heavy atom. The van der Waals surface area contributed by atoms with E-state index in [9.17, 15) is 8.42 Å². The van der Waals surface area contributed by atoms with Crippen LogP contribution in [0, 0.1) is 5.92 Å². The molecule has 1 aromatic carbocycles. The number of nitrogens with one attached hydrogen (secondary N) is 1. The van der Waals surface area contributed by atoms with E-state index in [4.69, 9.17) is 14.0 Å². The summed E-state index contributed by atoms with van der Waals surface area (Å²) in [5.41, 5.74) is 0.159. The fraction of sp³-hybridized carbons (Fsp3) is 0.667. The summed E-state index contributed by atoms with van der Waals surface area (Å²) in [7, 11) is -4.00. The van der Waals surface area contributed by atoms with E-state index in [1.165, 1.54) is 0 Å². The summed E-state index contributed by atoms with van der Waals surface area (Å²) in [6.45, 7) is 14.2. The largest absolute Gasteiger partial charge is 0.498 e. The maximum atomic E-state index is 11.9. The van der Waals surface area contributed by atoms with Crippen molar-refractivity contribution in [2.75, 3.05) is 17.1 Å². The van der Waals surface area contributed by atoms with E-state index in [1.54, 1.807) is 25.1 Å². The number of sulfonamides is 1. The van der Waals surface area contributed by atoms with Crippen molar-refractivity contribution in [1.82, 2.24) is 0 Å². The summed E-state index contributed by atoms with van der Waals surface area (Å²) in [5, 5.41) is 0. The molecule has 1 aliphatic rings. The first kappa shape index (κ1) is 21.1. The standard InChI is InChI=1S/C18H30BNO5S/c1-8-26(21,22)20-14-9-10-16(23-12-13(2)3)15(11-14)19-24-17(4,5)18(6,7)25-19/h9-11,13,20H,8,12H2,1-7H3. The zero-order valence-electron chi connectivity index (χ0n) is 16.8. The highest BCUT2D eigenvalue weighted by atomic mass is 32.2. The molecule has 0 bridgehead atoms. The minimum absolute atomic E-state index is 0.00439. The Balaban J connectivity index is 2.39. The topological polar surface area (TPSA) is 73.9 Å². The molecule has 0 amide bonds. The summed E-state index contributed by atoms with van der Waals surface area (Å²) in [4.78, 5) is 0. The van der Waals surface area contributed by atoms with Crippen LogP contribution < -0.4 is 14.9 Å². The third-order valence-corrected chi connectivity index (χ3v) is 6.05. The number of hydrogen-bond donors (Lipinski definition) is 1. The van der Waals surface area contributed by atoms with E-state index in [-0.39, 0.29) is 5.75 Å². The fourth-order valence-corrected chi connectivity index (χ4v) is 3.04. The summed E-state index contributed by atoms with van der Waals surface area (Å²) in [5.74, 6) is 1.00. The van der Waals surface area contributed by atoms with Crippen LogP contribution in [0.1, 0.15) is 48.5 Å². The molecule has 0 saturated carbocycles. The molecule has 1 N–H and O–H groups in total. The molecule has 0 aromatic heterocycles. The van der Waals surface area contributed by atoms with Crippen LogP contribution in [0.3, 0.4) is 0 Å². The minimum atomic E-state index is -3.37. The lowest BCUT2D eigenvalue weighted by Crippen LogP contribution is -2.41. The molecule has 0 spiro atoms. The van der Waals surface area contributed by atoms with Crippen molar-refractivity contribution in [3.05, 3.63) is 18.2 Å². The third kappa shape index (κ3) is 4.72. The van der Waals surface area contributed by atoms with Gasteiger partial charge in [0.1, 0.15) is 5.75 Å². The van der Waals surface area contributed by atoms with Gasteiger partial charge in [-0.15, -0.1) is 0 Å². The molecule has 1 fully saturated rings. The summed E-state index contributed by atoms with van der Waals surface area (Å²) in [6, 6.07) is 5.18. The van der Waals surface area contributed by atoms with Gasteiger partial charge < -0.3 is 14.0 Å². The van der Waals surface area contributed by atoms with Gasteiger partial charge in [0.15, 0.2) is 0 Å². The third-order valence-electron chi connectivity index (χ3n) is 4.74. The molecule has 0 aliphatic carbocycles. The fourth-order valence-electron chi connectivity index (χ4n) is 2.41. The molecule has 8 heteroatoms. The molecule has 1 heterocycles. The monoisotopic (exact) mass is 383 g/mol. The average Bonchev–Trinajstić information content (AvgIpc) is 2.73. The van der Waals surface area contributed by atoms with Gasteiger partial charge in [-0.3, -0.25) is 4.72 Å². The van der Waals surface area contributed by atoms with Crippen molar-refractivity contribution in [2.24, 2.45) is 5.92 Å². The molecule has 1 saturated heterocycles. The van der Waals surface area contributed by atoms with Gasteiger partial charge in [-0.25, -0.2) is 8.42 Å². The molecule has 0 atom stereocenters. The SMILES string of the molecule is CCS(=O)(=O)Nc1ccc(OCC(C)C)c(B2OC(C)(C)C(C)(C)O2)c1. The zero-order valence-corrected chi connectivity index (χ0v) is 17.6. The lowest BCUT2D eigenvalue weighted by molar-refractivity contribution is 0.00578. The predicted octanol–water partition coefficient (Wildman–Crippen LogP) is 2.78. The van der Waals surface area contributed by atoms with Gasteiger partial charge in [0.05, 0.1) is 23.6 Å². The Labute approximate surface area is 157 Å². The first-order valence-electron chi connectivity index (χ1n) is 9.00. The number of rotatable bonds is 7. The summed E-state index contributed by atoms with van der Waals surface area (Å²) < 4.78 is 44.6. The zero-order chi connectivity index (χ0) is 19.8. The van der Waals surface area contributed by atoms with Crippen molar-refractivity contribution in [2.45, 2.75) is 59.7 Å². The molecular formula is C18H30BNO5S. The van der Waals surface area contributed by atoms with Crippen LogP contribution in [-0.2, 0) is 19.3 Å². The first-order chi connectivity index (χ1) is 11.9. The van der Waals surface area contributed by atoms with Gasteiger partial charge in [-0.2, -0.15) is 0 Å². The molecule has 26 heavy (non-hydrogen) atoms. The van der Waals surface area contributed by atoms with Crippen molar-refractivity contribution >= 4 is 28.3 Å². The highest BCUT2D eigenvalue weighted by Gasteiger charge is 2.52. The molecule has 2 rings (SSSR count). The summed E-state index contributed by atoms with van der Waals surface area (Å²) >= 11 is 0. The van der Waals surface area contributed by atoms with Crippen molar-refractivity contribution in [3.63, 3.8) is 0 Å². The van der Waals surface area contributed by atoms with Crippen LogP contribution in [0.15, 0.2) is 18.2 Å². The van der Waals surface area contributed by atoms with E-state index in [0.29, 0.717) is 29.4 Å². The van der Waals surface area contributed by atoms with E-state index in [1.807, 2.05) is 27.7 Å². The van der Waals surface area contributed by atoms with Crippen LogP contribution in [0.2, 0.25) is 0 Å². The number of ether oxygens (including phenoxy) is 1. The Kier molecular flexibility index (Phi) is 6.00. The molecular weight excluding hydrogens is 353 g/mol. The van der Waals surface area contributed by atoms with Gasteiger partial charge in [-0.1, -0.05) is 13.8 Å². The van der Waals surface area contributed by atoms with Crippen LogP contribution in [0.25, 0.3) is 0 Å². The van der Waals surface area contributed by atoms with E-state index < -0.39 is 28.3 Å². The highest BCUT2D eigenvalue weighted by Crippen LogP contribution is 2.37. The molecule has 0 radical (unpaired) electrons. The Hall–Kier alpha value is -1.25. The van der Waals surface area contributed by atoms with Gasteiger partial charge in [0.25, 0.3) is 0 Å². The van der Waals surface area contributed by atoms with Crippen LogP contribution in [-0.4, -0.2) is 39.1 Å². The highest BCUT2D eigenvalue weighted by molar-refractivity contribution is 7.92. The minimum Gasteiger partial charge on any atom is -0.494 e. The number of benzene rings is 1. The predicted molar refractivity (Wildman–Crippen MR) is 106 cm³/mol. The van der Waals surface area contributed by atoms with E-state index in [0.717, 1.165) is 0 Å². The van der Waals surface area contributed by atoms with Gasteiger partial charge >= 0.3 is 7.12 Å². The van der Waals surface area contributed by atoms with Crippen molar-refractivity contribution in [1.29, 1.82) is 0 Å². The molecule has 1 aliphatic heterocycles. The lowest BCUT2D eigenvalue weighted by Gasteiger charge is -2.32. The van der Waals surface area contributed by atoms with Crippen molar-refractivity contribution in [3.8, 4) is 5.75 Å². The van der Waals surface area contributed by atoms with Gasteiger partial charge in [0.2, 0.25) is 10.0 Å². The second-order valence-corrected chi connectivity index (χ2v) is 10.1. The Morgan fingerprint density at radius 2 is 1.73 bits per heavy atom. The first-order valence-corrected chi connectivity index (χ1v) is 10.6. The summed E-state index contributed by atoms with van der Waals surface area (Å²) in [6.07, 6.45) is 0. The molecule has 1 aromatic rings. The Bertz CT molecular complexity index is 730. The maximum absolute atomic E-state index is 11.9. The lowest BCUT2D eigenvalue weighted by atomic mass is 9.78. The quantitative estimate of drug-likeness (QED) is 0.733. The molecule has 146 valence electrons. The van der Waals surface area contributed by atoms with Gasteiger partial charge in [0, 0.05) is 11.2 Å². The number of anilines is 1. The number of hydrogen-bond acceptors (Lipinski definition) is 5. The molecule has 6 nitrogen and oxygen atoms in total. The van der Waals surface area contributed by atoms with Gasteiger partial charge in [-0.05, 0) is 58.7 Å². The smallest absolute Gasteiger partial charge is 0.494 e. The van der Waals surface area contributed by atoms with E-state index >= 15 is 0 Å². The van der Waals surface area contributed by atoms with E-state index in [2.05, 4.69) is 18.6 Å². The second kappa shape index (κ2) is 7.41. The second-order valence-electron chi connectivity index (χ2n) is 8.05. The maximum Gasteiger partial charge on any atom is 0.498 e. The van der Waals surface area contributed by atoms with Crippen LogP contribution >= 0.6 is 0 Å².